The van der Waals surface area contributed by atoms with Crippen molar-refractivity contribution in [1.82, 2.24) is 9.97 Å². The van der Waals surface area contributed by atoms with Gasteiger partial charge in [0.25, 0.3) is 0 Å². The Hall–Kier alpha value is -6.84. The fraction of sp³-hybridized carbons (Fsp3) is 0.0400. The first-order valence-corrected chi connectivity index (χ1v) is 18.3. The summed E-state index contributed by atoms with van der Waals surface area (Å²) in [4.78, 5) is 9.54. The van der Waals surface area contributed by atoms with Gasteiger partial charge in [0, 0.05) is 46.1 Å². The molecule has 0 unspecified atom stereocenters. The fourth-order valence-corrected chi connectivity index (χ4v) is 8.54. The minimum Gasteiger partial charge on any atom is -0.460 e. The molecule has 0 aliphatic heterocycles. The van der Waals surface area contributed by atoms with Gasteiger partial charge in [0.15, 0.2) is 0 Å². The average molecular weight is 677 g/mol. The first kappa shape index (κ1) is 29.8. The standard InChI is InChI=1S/C50H32N2O/c1-2-16-43-39(14-1)41-25-24-34(30-46(41)49-48(43)51-26-27-52-49)32-11-5-10-31(28-32)33-12-6-13-35(29-33)36-17-7-19-38-37(36)18-8-20-40(38)44-21-9-22-45-42-15-3-4-23-47(42)53-50(44)45/h1-3,5-22,24-30H,4,23H2. The number of allylic oxidation sites excluding steroid dienone is 1. The van der Waals surface area contributed by atoms with E-state index in [1.807, 2.05) is 0 Å². The van der Waals surface area contributed by atoms with Crippen molar-refractivity contribution >= 4 is 60.4 Å². The van der Waals surface area contributed by atoms with Crippen molar-refractivity contribution in [3.8, 4) is 44.5 Å². The zero-order valence-electron chi connectivity index (χ0n) is 28.9. The van der Waals surface area contributed by atoms with Gasteiger partial charge in [-0.25, -0.2) is 0 Å². The van der Waals surface area contributed by atoms with Gasteiger partial charge in [0.05, 0.1) is 11.0 Å². The van der Waals surface area contributed by atoms with E-state index in [9.17, 15) is 0 Å². The molecule has 10 aromatic rings. The van der Waals surface area contributed by atoms with E-state index in [4.69, 9.17) is 14.4 Å². The van der Waals surface area contributed by atoms with Crippen LogP contribution in [0.4, 0.5) is 0 Å². The van der Waals surface area contributed by atoms with Gasteiger partial charge in [-0.2, -0.15) is 0 Å². The summed E-state index contributed by atoms with van der Waals surface area (Å²) in [7, 11) is 0. The molecule has 1 aliphatic rings. The summed E-state index contributed by atoms with van der Waals surface area (Å²) in [5.41, 5.74) is 13.5. The summed E-state index contributed by atoms with van der Waals surface area (Å²) < 4.78 is 6.55. The Balaban J connectivity index is 1.00. The second-order valence-corrected chi connectivity index (χ2v) is 14.0. The molecule has 11 rings (SSSR count). The molecule has 0 spiro atoms. The van der Waals surface area contributed by atoms with E-state index in [0.29, 0.717) is 0 Å². The lowest BCUT2D eigenvalue weighted by molar-refractivity contribution is 0.547. The molecule has 0 radical (unpaired) electrons. The molecule has 0 N–H and O–H groups in total. The lowest BCUT2D eigenvalue weighted by Crippen LogP contribution is -1.89. The number of furan rings is 1. The molecule has 1 aliphatic carbocycles. The summed E-state index contributed by atoms with van der Waals surface area (Å²) in [5, 5.41) is 8.27. The van der Waals surface area contributed by atoms with Gasteiger partial charge in [-0.15, -0.1) is 0 Å². The fourth-order valence-electron chi connectivity index (χ4n) is 8.54. The highest BCUT2D eigenvalue weighted by molar-refractivity contribution is 6.23. The zero-order valence-corrected chi connectivity index (χ0v) is 28.9. The van der Waals surface area contributed by atoms with Crippen LogP contribution in [0, 0.1) is 0 Å². The monoisotopic (exact) mass is 676 g/mol. The van der Waals surface area contributed by atoms with Gasteiger partial charge >= 0.3 is 0 Å². The van der Waals surface area contributed by atoms with Gasteiger partial charge < -0.3 is 4.42 Å². The molecule has 248 valence electrons. The minimum atomic E-state index is 0.933. The Kier molecular flexibility index (Phi) is 6.68. The van der Waals surface area contributed by atoms with Crippen LogP contribution in [-0.4, -0.2) is 9.97 Å². The van der Waals surface area contributed by atoms with Crippen molar-refractivity contribution in [2.45, 2.75) is 12.8 Å². The second kappa shape index (κ2) is 11.9. The maximum atomic E-state index is 6.55. The molecular formula is C50H32N2O. The van der Waals surface area contributed by atoms with Gasteiger partial charge in [0.1, 0.15) is 11.3 Å². The van der Waals surface area contributed by atoms with Crippen LogP contribution >= 0.6 is 0 Å². The lowest BCUT2D eigenvalue weighted by atomic mass is 9.90. The van der Waals surface area contributed by atoms with Crippen LogP contribution in [-0.2, 0) is 6.42 Å². The summed E-state index contributed by atoms with van der Waals surface area (Å²) >= 11 is 0. The predicted molar refractivity (Wildman–Crippen MR) is 221 cm³/mol. The number of aromatic nitrogens is 2. The molecule has 3 nitrogen and oxygen atoms in total. The Labute approximate surface area is 306 Å². The van der Waals surface area contributed by atoms with Crippen LogP contribution in [0.3, 0.4) is 0 Å². The van der Waals surface area contributed by atoms with Crippen LogP contribution < -0.4 is 0 Å². The van der Waals surface area contributed by atoms with Crippen LogP contribution in [0.15, 0.2) is 168 Å². The SMILES string of the molecule is C1=Cc2c(oc3c(-c4cccc5c(-c6cccc(-c7cccc(-c8ccc9c%10ccccc%10c%10nccnc%10c9c8)c7)c6)cccc45)cccc23)CC1. The van der Waals surface area contributed by atoms with E-state index in [1.54, 1.807) is 12.4 Å². The Morgan fingerprint density at radius 1 is 0.415 bits per heavy atom. The first-order valence-electron chi connectivity index (χ1n) is 18.3. The second-order valence-electron chi connectivity index (χ2n) is 14.0. The maximum Gasteiger partial charge on any atom is 0.142 e. The molecule has 0 saturated carbocycles. The highest BCUT2D eigenvalue weighted by Gasteiger charge is 2.19. The van der Waals surface area contributed by atoms with E-state index in [2.05, 4.69) is 158 Å². The topological polar surface area (TPSA) is 38.9 Å². The predicted octanol–water partition coefficient (Wildman–Crippen LogP) is 13.5. The average Bonchev–Trinajstić information content (AvgIpc) is 3.62. The highest BCUT2D eigenvalue weighted by Crippen LogP contribution is 2.42. The summed E-state index contributed by atoms with van der Waals surface area (Å²) in [5.74, 6) is 1.09. The Morgan fingerprint density at radius 3 is 1.77 bits per heavy atom. The number of fused-ring (bicyclic) bond motifs is 10. The van der Waals surface area contributed by atoms with E-state index in [-0.39, 0.29) is 0 Å². The van der Waals surface area contributed by atoms with Gasteiger partial charge in [-0.3, -0.25) is 9.97 Å². The zero-order chi connectivity index (χ0) is 34.9. The molecule has 3 heteroatoms. The third-order valence-corrected chi connectivity index (χ3v) is 11.0. The quantitative estimate of drug-likeness (QED) is 0.174. The van der Waals surface area contributed by atoms with E-state index >= 15 is 0 Å². The third kappa shape index (κ3) is 4.74. The molecule has 0 bridgehead atoms. The number of aryl methyl sites for hydroxylation is 1. The Morgan fingerprint density at radius 2 is 0.981 bits per heavy atom. The molecule has 0 atom stereocenters. The van der Waals surface area contributed by atoms with Crippen LogP contribution in [0.2, 0.25) is 0 Å². The molecule has 0 fully saturated rings. The Bertz CT molecular complexity index is 3100. The molecule has 53 heavy (non-hydrogen) atoms. The maximum absolute atomic E-state index is 6.55. The third-order valence-electron chi connectivity index (χ3n) is 11.0. The van der Waals surface area contributed by atoms with Crippen molar-refractivity contribution < 1.29 is 4.42 Å². The van der Waals surface area contributed by atoms with E-state index < -0.39 is 0 Å². The van der Waals surface area contributed by atoms with Crippen molar-refractivity contribution in [3.05, 3.63) is 175 Å². The number of benzene rings is 8. The molecule has 0 amide bonds. The summed E-state index contributed by atoms with van der Waals surface area (Å²) in [6, 6.07) is 52.9. The van der Waals surface area contributed by atoms with Gasteiger partial charge in [0.2, 0.25) is 0 Å². The number of para-hydroxylation sites is 1. The van der Waals surface area contributed by atoms with Crippen molar-refractivity contribution in [2.24, 2.45) is 0 Å². The number of nitrogens with zero attached hydrogens (tertiary/aromatic N) is 2. The number of hydrogen-bond donors (Lipinski definition) is 0. The van der Waals surface area contributed by atoms with Crippen LogP contribution in [0.25, 0.3) is 105 Å². The van der Waals surface area contributed by atoms with Gasteiger partial charge in [-0.05, 0) is 85.1 Å². The molecule has 0 saturated heterocycles. The summed E-state index contributed by atoms with van der Waals surface area (Å²) in [6.07, 6.45) is 10.0. The van der Waals surface area contributed by atoms with Crippen molar-refractivity contribution in [2.75, 3.05) is 0 Å². The molecular weight excluding hydrogens is 645 g/mol. The lowest BCUT2D eigenvalue weighted by Gasteiger charge is -2.13. The molecule has 2 aromatic heterocycles. The first-order chi connectivity index (χ1) is 26.3. The smallest absolute Gasteiger partial charge is 0.142 e. The largest absolute Gasteiger partial charge is 0.460 e. The number of hydrogen-bond acceptors (Lipinski definition) is 3. The minimum absolute atomic E-state index is 0.933. The summed E-state index contributed by atoms with van der Waals surface area (Å²) in [6.45, 7) is 0. The van der Waals surface area contributed by atoms with Crippen molar-refractivity contribution in [3.63, 3.8) is 0 Å². The van der Waals surface area contributed by atoms with E-state index in [0.717, 1.165) is 57.1 Å². The number of rotatable bonds is 4. The van der Waals surface area contributed by atoms with Crippen LogP contribution in [0.1, 0.15) is 17.7 Å². The van der Waals surface area contributed by atoms with Crippen LogP contribution in [0.5, 0.6) is 0 Å². The van der Waals surface area contributed by atoms with E-state index in [1.165, 1.54) is 65.9 Å². The molecule has 8 aromatic carbocycles. The molecule has 2 heterocycles. The normalized spacial score (nSPS) is 12.7. The highest BCUT2D eigenvalue weighted by atomic mass is 16.3. The van der Waals surface area contributed by atoms with Gasteiger partial charge in [-0.1, -0.05) is 140 Å². The van der Waals surface area contributed by atoms with Crippen molar-refractivity contribution in [1.29, 1.82) is 0 Å².